The Balaban J connectivity index is 2.28. The highest BCUT2D eigenvalue weighted by molar-refractivity contribution is 5.69. The van der Waals surface area contributed by atoms with E-state index in [0.29, 0.717) is 0 Å². The number of nitrogens with zero attached hydrogens (tertiary/aromatic N) is 1. The van der Waals surface area contributed by atoms with Gasteiger partial charge in [0, 0.05) is 12.1 Å². The van der Waals surface area contributed by atoms with Crippen LogP contribution in [-0.2, 0) is 17.7 Å². The van der Waals surface area contributed by atoms with Crippen LogP contribution in [0.15, 0.2) is 6.07 Å². The molecule has 1 heterocycles. The Bertz CT molecular complexity index is 597. The van der Waals surface area contributed by atoms with Gasteiger partial charge in [0.15, 0.2) is 0 Å². The number of ether oxygens (including phenoxy) is 1. The van der Waals surface area contributed by atoms with E-state index in [1.165, 1.54) is 4.90 Å². The van der Waals surface area contributed by atoms with Crippen molar-refractivity contribution in [3.63, 3.8) is 0 Å². The third kappa shape index (κ3) is 3.28. The molecule has 1 aliphatic heterocycles. The highest BCUT2D eigenvalue weighted by atomic mass is 19.3. The van der Waals surface area contributed by atoms with E-state index in [1.54, 1.807) is 20.8 Å². The minimum Gasteiger partial charge on any atom is -0.508 e. The Hall–Kier alpha value is -1.92. The van der Waals surface area contributed by atoms with Crippen LogP contribution in [0.2, 0.25) is 0 Å². The van der Waals surface area contributed by atoms with Crippen molar-refractivity contribution in [3.8, 4) is 5.75 Å². The van der Waals surface area contributed by atoms with Crippen LogP contribution in [0.5, 0.6) is 5.75 Å². The molecule has 0 saturated carbocycles. The van der Waals surface area contributed by atoms with Crippen molar-refractivity contribution in [3.05, 3.63) is 28.6 Å². The molecule has 0 radical (unpaired) electrons. The summed E-state index contributed by atoms with van der Waals surface area (Å²) in [5.74, 6) is -1.44. The van der Waals surface area contributed by atoms with Gasteiger partial charge >= 0.3 is 6.09 Å². The van der Waals surface area contributed by atoms with Gasteiger partial charge in [-0.25, -0.2) is 18.0 Å². The minimum atomic E-state index is -3.00. The summed E-state index contributed by atoms with van der Waals surface area (Å²) < 4.78 is 44.7. The number of alkyl halides is 2. The lowest BCUT2D eigenvalue weighted by molar-refractivity contribution is 0.0221. The zero-order valence-electron chi connectivity index (χ0n) is 12.6. The second-order valence-corrected chi connectivity index (χ2v) is 6.21. The monoisotopic (exact) mass is 317 g/mol. The summed E-state index contributed by atoms with van der Waals surface area (Å²) in [6.45, 7) is 5.22. The molecule has 7 heteroatoms. The van der Waals surface area contributed by atoms with Crippen LogP contribution in [0.3, 0.4) is 0 Å². The van der Waals surface area contributed by atoms with Crippen molar-refractivity contribution in [2.75, 3.05) is 6.54 Å². The molecule has 1 N–H and O–H groups in total. The van der Waals surface area contributed by atoms with Gasteiger partial charge in [-0.05, 0) is 38.8 Å². The number of benzene rings is 1. The first-order chi connectivity index (χ1) is 10.1. The Kier molecular flexibility index (Phi) is 4.26. The minimum absolute atomic E-state index is 0.0371. The first-order valence-electron chi connectivity index (χ1n) is 6.89. The Morgan fingerprint density at radius 1 is 1.36 bits per heavy atom. The number of phenolic OH excluding ortho intramolecular Hbond substituents is 1. The zero-order chi connectivity index (χ0) is 16.7. The molecule has 1 aliphatic rings. The van der Waals surface area contributed by atoms with Crippen molar-refractivity contribution in [2.45, 2.75) is 45.8 Å². The van der Waals surface area contributed by atoms with Crippen molar-refractivity contribution in [1.82, 2.24) is 4.90 Å². The molecule has 1 aromatic rings. The van der Waals surface area contributed by atoms with Gasteiger partial charge in [-0.15, -0.1) is 0 Å². The molecule has 1 aromatic carbocycles. The zero-order valence-corrected chi connectivity index (χ0v) is 12.6. The van der Waals surface area contributed by atoms with Crippen molar-refractivity contribution >= 4 is 6.09 Å². The van der Waals surface area contributed by atoms with E-state index in [1.807, 2.05) is 0 Å². The molecule has 122 valence electrons. The van der Waals surface area contributed by atoms with Gasteiger partial charge in [0.05, 0.1) is 12.1 Å². The standard InChI is InChI=1S/C15H18F3NO3/c1-15(2,3)22-14(21)19-5-4-8-10(7-19)11(20)6-9(12(8)16)13(17)18/h6,13,20H,4-5,7H2,1-3H3. The van der Waals surface area contributed by atoms with E-state index in [-0.39, 0.29) is 30.6 Å². The average Bonchev–Trinajstić information content (AvgIpc) is 2.40. The highest BCUT2D eigenvalue weighted by Gasteiger charge is 2.31. The van der Waals surface area contributed by atoms with E-state index in [9.17, 15) is 23.1 Å². The summed E-state index contributed by atoms with van der Waals surface area (Å²) >= 11 is 0. The molecule has 2 rings (SSSR count). The number of aromatic hydroxyl groups is 1. The number of hydrogen-bond acceptors (Lipinski definition) is 3. The van der Waals surface area contributed by atoms with Crippen LogP contribution in [0.4, 0.5) is 18.0 Å². The van der Waals surface area contributed by atoms with Crippen LogP contribution < -0.4 is 0 Å². The van der Waals surface area contributed by atoms with E-state index >= 15 is 0 Å². The molecule has 22 heavy (non-hydrogen) atoms. The lowest BCUT2D eigenvalue weighted by Crippen LogP contribution is -2.40. The van der Waals surface area contributed by atoms with Gasteiger partial charge in [0.2, 0.25) is 0 Å². The molecule has 0 spiro atoms. The number of halogens is 3. The van der Waals surface area contributed by atoms with Gasteiger partial charge in [-0.1, -0.05) is 0 Å². The van der Waals surface area contributed by atoms with E-state index < -0.39 is 35.2 Å². The number of phenols is 1. The van der Waals surface area contributed by atoms with Crippen molar-refractivity contribution in [1.29, 1.82) is 0 Å². The molecule has 1 amide bonds. The fraction of sp³-hybridized carbons (Fsp3) is 0.533. The molecule has 0 fully saturated rings. The summed E-state index contributed by atoms with van der Waals surface area (Å²) in [5, 5.41) is 9.86. The molecular formula is C15H18F3NO3. The maximum Gasteiger partial charge on any atom is 0.410 e. The smallest absolute Gasteiger partial charge is 0.410 e. The average molecular weight is 317 g/mol. The summed E-state index contributed by atoms with van der Waals surface area (Å²) in [4.78, 5) is 13.3. The summed E-state index contributed by atoms with van der Waals surface area (Å²) in [6, 6.07) is 0.720. The number of fused-ring (bicyclic) bond motifs is 1. The molecule has 0 aromatic heterocycles. The van der Waals surface area contributed by atoms with Gasteiger partial charge in [0.25, 0.3) is 6.43 Å². The van der Waals surface area contributed by atoms with Gasteiger partial charge in [0.1, 0.15) is 17.2 Å². The van der Waals surface area contributed by atoms with Crippen LogP contribution in [0.25, 0.3) is 0 Å². The van der Waals surface area contributed by atoms with E-state index in [2.05, 4.69) is 0 Å². The van der Waals surface area contributed by atoms with E-state index in [4.69, 9.17) is 4.74 Å². The molecule has 4 nitrogen and oxygen atoms in total. The first-order valence-corrected chi connectivity index (χ1v) is 6.89. The van der Waals surface area contributed by atoms with Crippen molar-refractivity contribution in [2.24, 2.45) is 0 Å². The quantitative estimate of drug-likeness (QED) is 0.858. The fourth-order valence-electron chi connectivity index (χ4n) is 2.35. The second kappa shape index (κ2) is 5.70. The lowest BCUT2D eigenvalue weighted by Gasteiger charge is -2.32. The van der Waals surface area contributed by atoms with Crippen LogP contribution >= 0.6 is 0 Å². The third-order valence-corrected chi connectivity index (χ3v) is 3.35. The highest BCUT2D eigenvalue weighted by Crippen LogP contribution is 2.35. The Morgan fingerprint density at radius 3 is 2.55 bits per heavy atom. The molecule has 0 atom stereocenters. The summed E-state index contributed by atoms with van der Waals surface area (Å²) in [5.41, 5.74) is -1.31. The normalized spacial score (nSPS) is 15.0. The molecule has 0 bridgehead atoms. The fourth-order valence-corrected chi connectivity index (χ4v) is 2.35. The predicted molar refractivity (Wildman–Crippen MR) is 73.4 cm³/mol. The van der Waals surface area contributed by atoms with Gasteiger partial charge in [-0.2, -0.15) is 0 Å². The maximum atomic E-state index is 14.1. The van der Waals surface area contributed by atoms with Crippen LogP contribution in [0, 0.1) is 5.82 Å². The van der Waals surface area contributed by atoms with E-state index in [0.717, 1.165) is 6.07 Å². The third-order valence-electron chi connectivity index (χ3n) is 3.35. The topological polar surface area (TPSA) is 49.8 Å². The molecule has 0 saturated heterocycles. The molecular weight excluding hydrogens is 299 g/mol. The summed E-state index contributed by atoms with van der Waals surface area (Å²) in [7, 11) is 0. The number of rotatable bonds is 1. The van der Waals surface area contributed by atoms with Crippen LogP contribution in [0.1, 0.15) is 43.9 Å². The SMILES string of the molecule is CC(C)(C)OC(=O)N1CCc2c(F)c(C(F)F)cc(O)c2C1. The Morgan fingerprint density at radius 2 is 2.00 bits per heavy atom. The van der Waals surface area contributed by atoms with Gasteiger partial charge in [-0.3, -0.25) is 0 Å². The second-order valence-electron chi connectivity index (χ2n) is 6.21. The van der Waals surface area contributed by atoms with Crippen molar-refractivity contribution < 1.29 is 27.8 Å². The Labute approximate surface area is 126 Å². The maximum absolute atomic E-state index is 14.1. The number of hydrogen-bond donors (Lipinski definition) is 1. The summed E-state index contributed by atoms with van der Waals surface area (Å²) in [6.07, 6.45) is -3.54. The molecule has 0 aliphatic carbocycles. The largest absolute Gasteiger partial charge is 0.508 e. The number of carbonyl (C=O) groups is 1. The lowest BCUT2D eigenvalue weighted by atomic mass is 9.95. The molecule has 0 unspecified atom stereocenters. The number of carbonyl (C=O) groups excluding carboxylic acids is 1. The first kappa shape index (κ1) is 16.5. The van der Waals surface area contributed by atoms with Crippen LogP contribution in [-0.4, -0.2) is 28.2 Å². The number of amides is 1. The predicted octanol–water partition coefficient (Wildman–Crippen LogP) is 3.76. The van der Waals surface area contributed by atoms with Gasteiger partial charge < -0.3 is 14.7 Å².